The quantitative estimate of drug-likeness (QED) is 0.432. The summed E-state index contributed by atoms with van der Waals surface area (Å²) in [5.74, 6) is -0.647. The van der Waals surface area contributed by atoms with Gasteiger partial charge >= 0.3 is 5.97 Å². The Morgan fingerprint density at radius 3 is 2.71 bits per heavy atom. The molecule has 0 radical (unpaired) electrons. The normalized spacial score (nSPS) is 27.0. The Bertz CT molecular complexity index is 215. The van der Waals surface area contributed by atoms with Crippen molar-refractivity contribution in [3.05, 3.63) is 0 Å². The highest BCUT2D eigenvalue weighted by Crippen LogP contribution is 2.31. The van der Waals surface area contributed by atoms with Crippen LogP contribution in [0.3, 0.4) is 0 Å². The molecule has 0 aromatic heterocycles. The van der Waals surface area contributed by atoms with E-state index >= 15 is 0 Å². The molecule has 1 saturated heterocycles. The van der Waals surface area contributed by atoms with Crippen molar-refractivity contribution >= 4 is 27.7 Å². The Balaban J connectivity index is 2.87. The van der Waals surface area contributed by atoms with Crippen LogP contribution in [0.4, 0.5) is 0 Å². The molecule has 0 aliphatic carbocycles. The third-order valence-corrected chi connectivity index (χ3v) is 2.98. The zero-order chi connectivity index (χ0) is 10.6. The van der Waals surface area contributed by atoms with Gasteiger partial charge in [0.15, 0.2) is 11.2 Å². The molecule has 0 spiro atoms. The van der Waals surface area contributed by atoms with Crippen LogP contribution < -0.4 is 0 Å². The van der Waals surface area contributed by atoms with Gasteiger partial charge in [-0.25, -0.2) is 0 Å². The first kappa shape index (κ1) is 11.7. The summed E-state index contributed by atoms with van der Waals surface area (Å²) in [6, 6.07) is 0. The molecule has 0 aromatic rings. The van der Waals surface area contributed by atoms with Crippen LogP contribution in [0.1, 0.15) is 12.8 Å². The fourth-order valence-electron chi connectivity index (χ4n) is 1.61. The maximum Gasteiger partial charge on any atom is 0.321 e. The number of esters is 1. The van der Waals surface area contributed by atoms with Crippen LogP contribution in [0, 0.1) is 5.41 Å². The van der Waals surface area contributed by atoms with Gasteiger partial charge in [-0.2, -0.15) is 0 Å². The van der Waals surface area contributed by atoms with Gasteiger partial charge in [0.1, 0.15) is 0 Å². The molecule has 14 heavy (non-hydrogen) atoms. The molecule has 1 atom stereocenters. The van der Waals surface area contributed by atoms with E-state index < -0.39 is 11.4 Å². The van der Waals surface area contributed by atoms with E-state index in [1.807, 2.05) is 0 Å². The SMILES string of the molecule is COC(=O)C1(C(=O)CBr)CCCOC1. The van der Waals surface area contributed by atoms with Crippen LogP contribution in [0.15, 0.2) is 0 Å². The highest BCUT2D eigenvalue weighted by Gasteiger charge is 2.47. The van der Waals surface area contributed by atoms with Crippen molar-refractivity contribution in [1.82, 2.24) is 0 Å². The second kappa shape index (κ2) is 4.89. The van der Waals surface area contributed by atoms with Crippen LogP contribution in [0.5, 0.6) is 0 Å². The Morgan fingerprint density at radius 1 is 1.57 bits per heavy atom. The third kappa shape index (κ3) is 1.98. The van der Waals surface area contributed by atoms with E-state index in [4.69, 9.17) is 4.74 Å². The summed E-state index contributed by atoms with van der Waals surface area (Å²) >= 11 is 3.07. The maximum atomic E-state index is 11.7. The molecule has 1 fully saturated rings. The molecule has 0 bridgehead atoms. The van der Waals surface area contributed by atoms with E-state index in [0.29, 0.717) is 19.4 Å². The van der Waals surface area contributed by atoms with Gasteiger partial charge in [0.05, 0.1) is 19.0 Å². The molecule has 1 aliphatic rings. The summed E-state index contributed by atoms with van der Waals surface area (Å²) in [5.41, 5.74) is -1.07. The van der Waals surface area contributed by atoms with Crippen LogP contribution in [-0.4, -0.2) is 37.4 Å². The number of ether oxygens (including phenoxy) is 2. The highest BCUT2D eigenvalue weighted by molar-refractivity contribution is 9.09. The number of halogens is 1. The van der Waals surface area contributed by atoms with Crippen LogP contribution in [-0.2, 0) is 19.1 Å². The lowest BCUT2D eigenvalue weighted by molar-refractivity contribution is -0.165. The smallest absolute Gasteiger partial charge is 0.321 e. The molecule has 0 aromatic carbocycles. The fraction of sp³-hybridized carbons (Fsp3) is 0.778. The molecular formula is C9H13BrO4. The number of alkyl halides is 1. The minimum atomic E-state index is -1.07. The van der Waals surface area contributed by atoms with Crippen molar-refractivity contribution in [2.45, 2.75) is 12.8 Å². The van der Waals surface area contributed by atoms with Gasteiger partial charge in [-0.1, -0.05) is 15.9 Å². The molecule has 1 heterocycles. The number of hydrogen-bond donors (Lipinski definition) is 0. The Morgan fingerprint density at radius 2 is 2.29 bits per heavy atom. The largest absolute Gasteiger partial charge is 0.468 e. The standard InChI is InChI=1S/C9H13BrO4/c1-13-8(12)9(7(11)5-10)3-2-4-14-6-9/h2-6H2,1H3. The Labute approximate surface area is 91.1 Å². The van der Waals surface area contributed by atoms with E-state index in [0.717, 1.165) is 0 Å². The predicted molar refractivity (Wildman–Crippen MR) is 53.3 cm³/mol. The molecule has 1 aliphatic heterocycles. The Hall–Kier alpha value is -0.420. The molecule has 1 rings (SSSR count). The zero-order valence-electron chi connectivity index (χ0n) is 8.05. The second-order valence-electron chi connectivity index (χ2n) is 3.29. The van der Waals surface area contributed by atoms with Crippen LogP contribution in [0.25, 0.3) is 0 Å². The molecule has 0 saturated carbocycles. The van der Waals surface area contributed by atoms with E-state index in [-0.39, 0.29) is 17.7 Å². The number of carbonyl (C=O) groups is 2. The average molecular weight is 265 g/mol. The third-order valence-electron chi connectivity index (χ3n) is 2.47. The van der Waals surface area contributed by atoms with Crippen molar-refractivity contribution < 1.29 is 19.1 Å². The molecule has 80 valence electrons. The van der Waals surface area contributed by atoms with Gasteiger partial charge < -0.3 is 9.47 Å². The number of Topliss-reactive ketones (excluding diaryl/α,β-unsaturated/α-hetero) is 1. The highest BCUT2D eigenvalue weighted by atomic mass is 79.9. The van der Waals surface area contributed by atoms with E-state index in [1.165, 1.54) is 7.11 Å². The number of hydrogen-bond acceptors (Lipinski definition) is 4. The lowest BCUT2D eigenvalue weighted by Gasteiger charge is -2.32. The van der Waals surface area contributed by atoms with Crippen LogP contribution >= 0.6 is 15.9 Å². The number of methoxy groups -OCH3 is 1. The minimum Gasteiger partial charge on any atom is -0.468 e. The zero-order valence-corrected chi connectivity index (χ0v) is 9.63. The fourth-order valence-corrected chi connectivity index (χ4v) is 2.15. The average Bonchev–Trinajstić information content (AvgIpc) is 2.27. The van der Waals surface area contributed by atoms with Gasteiger partial charge in [0.25, 0.3) is 0 Å². The minimum absolute atomic E-state index is 0.143. The lowest BCUT2D eigenvalue weighted by atomic mass is 9.79. The van der Waals surface area contributed by atoms with E-state index in [1.54, 1.807) is 0 Å². The van der Waals surface area contributed by atoms with Gasteiger partial charge in [0, 0.05) is 6.61 Å². The first-order chi connectivity index (χ1) is 6.67. The number of rotatable bonds is 3. The molecular weight excluding hydrogens is 252 g/mol. The van der Waals surface area contributed by atoms with Crippen molar-refractivity contribution in [1.29, 1.82) is 0 Å². The molecule has 1 unspecified atom stereocenters. The summed E-state index contributed by atoms with van der Waals surface area (Å²) < 4.78 is 9.84. The summed E-state index contributed by atoms with van der Waals surface area (Å²) in [4.78, 5) is 23.2. The van der Waals surface area contributed by atoms with Crippen molar-refractivity contribution in [2.75, 3.05) is 25.7 Å². The second-order valence-corrected chi connectivity index (χ2v) is 3.85. The van der Waals surface area contributed by atoms with Crippen LogP contribution in [0.2, 0.25) is 0 Å². The first-order valence-electron chi connectivity index (χ1n) is 4.43. The van der Waals surface area contributed by atoms with Gasteiger partial charge in [-0.3, -0.25) is 9.59 Å². The number of ketones is 1. The molecule has 4 nitrogen and oxygen atoms in total. The van der Waals surface area contributed by atoms with Gasteiger partial charge in [-0.15, -0.1) is 0 Å². The summed E-state index contributed by atoms with van der Waals surface area (Å²) in [5, 5.41) is 0.158. The maximum absolute atomic E-state index is 11.7. The lowest BCUT2D eigenvalue weighted by Crippen LogP contribution is -2.47. The Kier molecular flexibility index (Phi) is 4.07. The number of carbonyl (C=O) groups excluding carboxylic acids is 2. The first-order valence-corrected chi connectivity index (χ1v) is 5.55. The summed E-state index contributed by atoms with van der Waals surface area (Å²) in [7, 11) is 1.29. The molecule has 0 amide bonds. The van der Waals surface area contributed by atoms with Gasteiger partial charge in [-0.05, 0) is 12.8 Å². The van der Waals surface area contributed by atoms with Gasteiger partial charge in [0.2, 0.25) is 0 Å². The molecule has 5 heteroatoms. The molecule has 0 N–H and O–H groups in total. The van der Waals surface area contributed by atoms with E-state index in [9.17, 15) is 9.59 Å². The van der Waals surface area contributed by atoms with Crippen molar-refractivity contribution in [2.24, 2.45) is 5.41 Å². The van der Waals surface area contributed by atoms with Crippen molar-refractivity contribution in [3.63, 3.8) is 0 Å². The topological polar surface area (TPSA) is 52.6 Å². The predicted octanol–water partition coefficient (Wildman–Crippen LogP) is 0.920. The monoisotopic (exact) mass is 264 g/mol. The summed E-state index contributed by atoms with van der Waals surface area (Å²) in [6.07, 6.45) is 1.23. The summed E-state index contributed by atoms with van der Waals surface area (Å²) in [6.45, 7) is 0.748. The van der Waals surface area contributed by atoms with E-state index in [2.05, 4.69) is 20.7 Å². The van der Waals surface area contributed by atoms with Crippen molar-refractivity contribution in [3.8, 4) is 0 Å².